The molecule has 2 aromatic rings. The molecular formula is C26H32N6O3S. The number of amides is 4. The number of benzene rings is 1. The fourth-order valence-corrected chi connectivity index (χ4v) is 4.56. The number of nitrogens with zero attached hydrogens (tertiary/aromatic N) is 4. The predicted octanol–water partition coefficient (Wildman–Crippen LogP) is 3.42. The fraction of sp³-hybridized carbons (Fsp3) is 0.423. The molecule has 2 aliphatic rings. The van der Waals surface area contributed by atoms with Gasteiger partial charge < -0.3 is 15.5 Å². The molecule has 190 valence electrons. The number of carbonyl (C=O) groups is 3. The Hall–Kier alpha value is -3.40. The predicted molar refractivity (Wildman–Crippen MR) is 142 cm³/mol. The smallest absolute Gasteiger partial charge is 0.322 e. The molecular weight excluding hydrogens is 476 g/mol. The summed E-state index contributed by atoms with van der Waals surface area (Å²) >= 11 is 4.05. The van der Waals surface area contributed by atoms with Crippen LogP contribution in [0.3, 0.4) is 0 Å². The van der Waals surface area contributed by atoms with Crippen LogP contribution >= 0.6 is 12.6 Å². The number of nitrogens with one attached hydrogen (secondary N) is 2. The molecule has 1 aromatic heterocycles. The number of carbonyl (C=O) groups excluding carboxylic acids is 3. The summed E-state index contributed by atoms with van der Waals surface area (Å²) in [6, 6.07) is 9.38. The first-order chi connectivity index (χ1) is 17.4. The molecule has 0 fully saturated rings. The molecule has 0 radical (unpaired) electrons. The maximum atomic E-state index is 12.7. The summed E-state index contributed by atoms with van der Waals surface area (Å²) in [6.45, 7) is 4.21. The van der Waals surface area contributed by atoms with E-state index in [2.05, 4.69) is 33.3 Å². The second kappa shape index (κ2) is 12.0. The maximum absolute atomic E-state index is 12.7. The zero-order valence-electron chi connectivity index (χ0n) is 20.4. The summed E-state index contributed by atoms with van der Waals surface area (Å²) in [5.74, 6) is 0.542. The third-order valence-corrected chi connectivity index (χ3v) is 6.59. The number of anilines is 1. The van der Waals surface area contributed by atoms with Crippen LogP contribution in [0.1, 0.15) is 49.3 Å². The number of unbranched alkanes of at least 4 members (excludes halogenated alkanes) is 1. The topological polar surface area (TPSA) is 107 Å². The van der Waals surface area contributed by atoms with E-state index in [4.69, 9.17) is 0 Å². The van der Waals surface area contributed by atoms with Crippen LogP contribution in [-0.4, -0.2) is 57.3 Å². The van der Waals surface area contributed by atoms with Crippen LogP contribution < -0.4 is 10.6 Å². The van der Waals surface area contributed by atoms with E-state index in [1.54, 1.807) is 22.3 Å². The molecule has 3 heterocycles. The second-order valence-corrected chi connectivity index (χ2v) is 9.59. The summed E-state index contributed by atoms with van der Waals surface area (Å²) < 4.78 is 0. The van der Waals surface area contributed by atoms with E-state index in [-0.39, 0.29) is 23.8 Å². The van der Waals surface area contributed by atoms with Gasteiger partial charge in [0, 0.05) is 63.0 Å². The largest absolute Gasteiger partial charge is 0.356 e. The van der Waals surface area contributed by atoms with E-state index in [0.29, 0.717) is 50.5 Å². The average molecular weight is 509 g/mol. The number of rotatable bonds is 9. The first-order valence-corrected chi connectivity index (χ1v) is 12.9. The molecule has 0 spiro atoms. The standard InChI is InChI=1S/C26H32N6O3S/c1-18-14-24(34)32(12-3-2-10-28-23(33)9-13-36)30-25(18)19-4-6-22(7-5-19)29-26(35)31-16-20-8-11-27-15-21(20)17-31/h4-8,11,15,18,36H,2-3,9-10,12-14,16-17H2,1H3,(H,28,33)(H,29,35). The molecule has 9 nitrogen and oxygen atoms in total. The molecule has 0 saturated carbocycles. The minimum Gasteiger partial charge on any atom is -0.356 e. The van der Waals surface area contributed by atoms with Gasteiger partial charge in [0.15, 0.2) is 0 Å². The monoisotopic (exact) mass is 508 g/mol. The minimum absolute atomic E-state index is 0.00404. The van der Waals surface area contributed by atoms with Gasteiger partial charge in [-0.15, -0.1) is 0 Å². The molecule has 1 atom stereocenters. The molecule has 36 heavy (non-hydrogen) atoms. The summed E-state index contributed by atoms with van der Waals surface area (Å²) in [6.07, 6.45) is 5.88. The van der Waals surface area contributed by atoms with Crippen molar-refractivity contribution in [3.05, 3.63) is 59.4 Å². The van der Waals surface area contributed by atoms with Gasteiger partial charge in [0.2, 0.25) is 11.8 Å². The van der Waals surface area contributed by atoms with Crippen molar-refractivity contribution >= 4 is 41.9 Å². The van der Waals surface area contributed by atoms with E-state index in [9.17, 15) is 14.4 Å². The molecule has 1 unspecified atom stereocenters. The first-order valence-electron chi connectivity index (χ1n) is 12.3. The Kier molecular flexibility index (Phi) is 8.58. The summed E-state index contributed by atoms with van der Waals surface area (Å²) in [4.78, 5) is 42.6. The summed E-state index contributed by atoms with van der Waals surface area (Å²) in [5, 5.41) is 12.0. The van der Waals surface area contributed by atoms with Crippen LogP contribution in [0.4, 0.5) is 10.5 Å². The van der Waals surface area contributed by atoms with Gasteiger partial charge >= 0.3 is 6.03 Å². The lowest BCUT2D eigenvalue weighted by molar-refractivity contribution is -0.132. The lowest BCUT2D eigenvalue weighted by Crippen LogP contribution is -2.37. The lowest BCUT2D eigenvalue weighted by atomic mass is 9.93. The van der Waals surface area contributed by atoms with Gasteiger partial charge in [-0.25, -0.2) is 9.80 Å². The molecule has 0 aliphatic carbocycles. The van der Waals surface area contributed by atoms with Crippen molar-refractivity contribution in [3.8, 4) is 0 Å². The van der Waals surface area contributed by atoms with E-state index in [1.165, 1.54) is 0 Å². The number of hydrogen-bond donors (Lipinski definition) is 3. The van der Waals surface area contributed by atoms with E-state index in [1.807, 2.05) is 37.3 Å². The van der Waals surface area contributed by atoms with E-state index < -0.39 is 0 Å². The van der Waals surface area contributed by atoms with Crippen LogP contribution in [0.5, 0.6) is 0 Å². The highest BCUT2D eigenvalue weighted by Gasteiger charge is 2.27. The van der Waals surface area contributed by atoms with Crippen molar-refractivity contribution in [2.24, 2.45) is 11.0 Å². The quantitative estimate of drug-likeness (QED) is 0.356. The van der Waals surface area contributed by atoms with Crippen molar-refractivity contribution in [2.45, 2.75) is 45.7 Å². The third-order valence-electron chi connectivity index (χ3n) is 6.37. The maximum Gasteiger partial charge on any atom is 0.322 e. The van der Waals surface area contributed by atoms with Gasteiger partial charge in [-0.05, 0) is 53.5 Å². The van der Waals surface area contributed by atoms with Crippen molar-refractivity contribution in [1.29, 1.82) is 0 Å². The molecule has 1 aromatic carbocycles. The molecule has 0 bridgehead atoms. The van der Waals surface area contributed by atoms with Crippen molar-refractivity contribution in [2.75, 3.05) is 24.2 Å². The molecule has 2 N–H and O–H groups in total. The number of aromatic nitrogens is 1. The highest BCUT2D eigenvalue weighted by molar-refractivity contribution is 7.80. The van der Waals surface area contributed by atoms with Crippen molar-refractivity contribution in [1.82, 2.24) is 20.2 Å². The number of pyridine rings is 1. The number of hydrogen-bond acceptors (Lipinski definition) is 6. The van der Waals surface area contributed by atoms with Gasteiger partial charge in [-0.2, -0.15) is 17.7 Å². The van der Waals surface area contributed by atoms with Gasteiger partial charge in [0.05, 0.1) is 5.71 Å². The van der Waals surface area contributed by atoms with Gasteiger partial charge in [-0.3, -0.25) is 14.6 Å². The summed E-state index contributed by atoms with van der Waals surface area (Å²) in [7, 11) is 0. The zero-order valence-corrected chi connectivity index (χ0v) is 21.3. The summed E-state index contributed by atoms with van der Waals surface area (Å²) in [5.41, 5.74) is 4.69. The zero-order chi connectivity index (χ0) is 25.5. The first kappa shape index (κ1) is 25.7. The minimum atomic E-state index is -0.152. The lowest BCUT2D eigenvalue weighted by Gasteiger charge is -2.28. The number of fused-ring (bicyclic) bond motifs is 1. The average Bonchev–Trinajstić information content (AvgIpc) is 3.30. The van der Waals surface area contributed by atoms with Crippen LogP contribution in [-0.2, 0) is 22.7 Å². The van der Waals surface area contributed by atoms with E-state index >= 15 is 0 Å². The SMILES string of the molecule is CC1CC(=O)N(CCCCNC(=O)CCS)N=C1c1ccc(NC(=O)N2Cc3ccncc3C2)cc1. The molecule has 4 rings (SSSR count). The van der Waals surface area contributed by atoms with Crippen LogP contribution in [0, 0.1) is 5.92 Å². The number of thiol groups is 1. The second-order valence-electron chi connectivity index (χ2n) is 9.15. The number of hydrazone groups is 1. The van der Waals surface area contributed by atoms with Gasteiger partial charge in [-0.1, -0.05) is 19.1 Å². The van der Waals surface area contributed by atoms with Crippen LogP contribution in [0.25, 0.3) is 0 Å². The highest BCUT2D eigenvalue weighted by Crippen LogP contribution is 2.24. The Morgan fingerprint density at radius 1 is 1.11 bits per heavy atom. The molecule has 2 aliphatic heterocycles. The Labute approximate surface area is 216 Å². The highest BCUT2D eigenvalue weighted by atomic mass is 32.1. The van der Waals surface area contributed by atoms with E-state index in [0.717, 1.165) is 35.2 Å². The Morgan fingerprint density at radius 2 is 1.89 bits per heavy atom. The van der Waals surface area contributed by atoms with Gasteiger partial charge in [0.1, 0.15) is 0 Å². The van der Waals surface area contributed by atoms with Crippen LogP contribution in [0.2, 0.25) is 0 Å². The normalized spacial score (nSPS) is 17.0. The third kappa shape index (κ3) is 6.42. The Balaban J connectivity index is 1.31. The molecule has 4 amide bonds. The van der Waals surface area contributed by atoms with Crippen LogP contribution in [0.15, 0.2) is 47.8 Å². The Morgan fingerprint density at radius 3 is 2.64 bits per heavy atom. The fourth-order valence-electron chi connectivity index (χ4n) is 4.36. The molecule has 0 saturated heterocycles. The molecule has 10 heteroatoms. The number of urea groups is 1. The van der Waals surface area contributed by atoms with Gasteiger partial charge in [0.25, 0.3) is 0 Å². The van der Waals surface area contributed by atoms with Crippen molar-refractivity contribution < 1.29 is 14.4 Å². The Bertz CT molecular complexity index is 1110. The van der Waals surface area contributed by atoms with Crippen molar-refractivity contribution in [3.63, 3.8) is 0 Å².